The molecule has 1 aliphatic heterocycles. The Morgan fingerprint density at radius 2 is 2.19 bits per heavy atom. The van der Waals surface area contributed by atoms with E-state index < -0.39 is 0 Å². The van der Waals surface area contributed by atoms with E-state index in [4.69, 9.17) is 4.74 Å². The highest BCUT2D eigenvalue weighted by molar-refractivity contribution is 5.79. The lowest BCUT2D eigenvalue weighted by Gasteiger charge is -2.16. The zero-order valence-electron chi connectivity index (χ0n) is 9.56. The van der Waals surface area contributed by atoms with Gasteiger partial charge in [-0.25, -0.2) is 0 Å². The second kappa shape index (κ2) is 5.12. The molecule has 0 radical (unpaired) electrons. The van der Waals surface area contributed by atoms with Crippen molar-refractivity contribution in [3.05, 3.63) is 35.9 Å². The SMILES string of the molecule is COC1CCN(C(=O)Cc2ccccc2)C1. The predicted octanol–water partition coefficient (Wildman–Crippen LogP) is 1.48. The van der Waals surface area contributed by atoms with Gasteiger partial charge in [0.1, 0.15) is 0 Å². The normalized spacial score (nSPS) is 20.1. The molecule has 2 rings (SSSR count). The Morgan fingerprint density at radius 1 is 1.44 bits per heavy atom. The molecular formula is C13H17NO2. The summed E-state index contributed by atoms with van der Waals surface area (Å²) in [5.74, 6) is 0.200. The molecule has 0 aliphatic carbocycles. The molecule has 3 nitrogen and oxygen atoms in total. The van der Waals surface area contributed by atoms with Crippen LogP contribution >= 0.6 is 0 Å². The first-order chi connectivity index (χ1) is 7.79. The molecule has 16 heavy (non-hydrogen) atoms. The molecule has 1 aromatic carbocycles. The number of hydrogen-bond donors (Lipinski definition) is 0. The smallest absolute Gasteiger partial charge is 0.227 e. The molecule has 0 spiro atoms. The molecule has 0 N–H and O–H groups in total. The number of hydrogen-bond acceptors (Lipinski definition) is 2. The minimum Gasteiger partial charge on any atom is -0.380 e. The van der Waals surface area contributed by atoms with E-state index in [-0.39, 0.29) is 12.0 Å². The molecule has 1 fully saturated rings. The van der Waals surface area contributed by atoms with Gasteiger partial charge < -0.3 is 9.64 Å². The van der Waals surface area contributed by atoms with Crippen molar-refractivity contribution in [1.82, 2.24) is 4.90 Å². The predicted molar refractivity (Wildman–Crippen MR) is 62.1 cm³/mol. The molecule has 86 valence electrons. The summed E-state index contributed by atoms with van der Waals surface area (Å²) in [6.45, 7) is 1.56. The highest BCUT2D eigenvalue weighted by Gasteiger charge is 2.25. The zero-order valence-corrected chi connectivity index (χ0v) is 9.56. The van der Waals surface area contributed by atoms with Crippen molar-refractivity contribution < 1.29 is 9.53 Å². The first kappa shape index (κ1) is 11.1. The highest BCUT2D eigenvalue weighted by atomic mass is 16.5. The van der Waals surface area contributed by atoms with Crippen molar-refractivity contribution in [2.75, 3.05) is 20.2 Å². The number of amides is 1. The lowest BCUT2D eigenvalue weighted by Crippen LogP contribution is -2.31. The van der Waals surface area contributed by atoms with Crippen LogP contribution in [0.4, 0.5) is 0 Å². The minimum atomic E-state index is 0.200. The number of benzene rings is 1. The maximum absolute atomic E-state index is 11.9. The average molecular weight is 219 g/mol. The summed E-state index contributed by atoms with van der Waals surface area (Å²) in [4.78, 5) is 13.8. The number of likely N-dealkylation sites (tertiary alicyclic amines) is 1. The van der Waals surface area contributed by atoms with Gasteiger partial charge in [0.25, 0.3) is 0 Å². The Hall–Kier alpha value is -1.35. The molecule has 1 unspecified atom stereocenters. The summed E-state index contributed by atoms with van der Waals surface area (Å²) < 4.78 is 5.25. The molecule has 1 amide bonds. The lowest BCUT2D eigenvalue weighted by atomic mass is 10.1. The summed E-state index contributed by atoms with van der Waals surface area (Å²) in [6, 6.07) is 9.86. The molecule has 0 saturated carbocycles. The van der Waals surface area contributed by atoms with E-state index in [0.29, 0.717) is 6.42 Å². The van der Waals surface area contributed by atoms with Crippen molar-refractivity contribution in [1.29, 1.82) is 0 Å². The Kier molecular flexibility index (Phi) is 3.57. The average Bonchev–Trinajstić information content (AvgIpc) is 2.79. The van der Waals surface area contributed by atoms with Gasteiger partial charge in [0.15, 0.2) is 0 Å². The first-order valence-electron chi connectivity index (χ1n) is 5.64. The fourth-order valence-corrected chi connectivity index (χ4v) is 2.03. The van der Waals surface area contributed by atoms with E-state index in [1.807, 2.05) is 35.2 Å². The summed E-state index contributed by atoms with van der Waals surface area (Å²) >= 11 is 0. The van der Waals surface area contributed by atoms with Crippen LogP contribution in [0.15, 0.2) is 30.3 Å². The van der Waals surface area contributed by atoms with Crippen LogP contribution in [0.2, 0.25) is 0 Å². The number of carbonyl (C=O) groups is 1. The van der Waals surface area contributed by atoms with E-state index in [0.717, 1.165) is 25.1 Å². The Bertz CT molecular complexity index is 350. The summed E-state index contributed by atoms with van der Waals surface area (Å²) in [6.07, 6.45) is 1.67. The van der Waals surface area contributed by atoms with Gasteiger partial charge in [-0.15, -0.1) is 0 Å². The van der Waals surface area contributed by atoms with E-state index in [2.05, 4.69) is 0 Å². The summed E-state index contributed by atoms with van der Waals surface area (Å²) in [5, 5.41) is 0. The van der Waals surface area contributed by atoms with Crippen LogP contribution < -0.4 is 0 Å². The Labute approximate surface area is 96.0 Å². The standard InChI is InChI=1S/C13H17NO2/c1-16-12-7-8-14(10-12)13(15)9-11-5-3-2-4-6-11/h2-6,12H,7-10H2,1H3. The van der Waals surface area contributed by atoms with Crippen molar-refractivity contribution in [3.8, 4) is 0 Å². The molecular weight excluding hydrogens is 202 g/mol. The largest absolute Gasteiger partial charge is 0.380 e. The van der Waals surface area contributed by atoms with Crippen molar-refractivity contribution in [2.24, 2.45) is 0 Å². The summed E-state index contributed by atoms with van der Waals surface area (Å²) in [5.41, 5.74) is 1.08. The van der Waals surface area contributed by atoms with E-state index in [1.165, 1.54) is 0 Å². The second-order valence-electron chi connectivity index (χ2n) is 4.15. The van der Waals surface area contributed by atoms with Crippen LogP contribution in [-0.4, -0.2) is 37.1 Å². The van der Waals surface area contributed by atoms with Crippen LogP contribution in [-0.2, 0) is 16.0 Å². The number of carbonyl (C=O) groups excluding carboxylic acids is 1. The van der Waals surface area contributed by atoms with Crippen molar-refractivity contribution >= 4 is 5.91 Å². The third-order valence-electron chi connectivity index (χ3n) is 3.03. The van der Waals surface area contributed by atoms with Crippen LogP contribution in [0, 0.1) is 0 Å². The number of nitrogens with zero attached hydrogens (tertiary/aromatic N) is 1. The van der Waals surface area contributed by atoms with Gasteiger partial charge in [-0.3, -0.25) is 4.79 Å². The van der Waals surface area contributed by atoms with Gasteiger partial charge >= 0.3 is 0 Å². The Morgan fingerprint density at radius 3 is 2.81 bits per heavy atom. The number of methoxy groups -OCH3 is 1. The molecule has 1 aromatic rings. The Balaban J connectivity index is 1.90. The van der Waals surface area contributed by atoms with Gasteiger partial charge in [-0.2, -0.15) is 0 Å². The fourth-order valence-electron chi connectivity index (χ4n) is 2.03. The minimum absolute atomic E-state index is 0.200. The fraction of sp³-hybridized carbons (Fsp3) is 0.462. The molecule has 0 bridgehead atoms. The van der Waals surface area contributed by atoms with Crippen LogP contribution in [0.3, 0.4) is 0 Å². The van der Waals surface area contributed by atoms with E-state index in [9.17, 15) is 4.79 Å². The van der Waals surface area contributed by atoms with Gasteiger partial charge in [-0.05, 0) is 12.0 Å². The number of rotatable bonds is 3. The molecule has 0 aromatic heterocycles. The van der Waals surface area contributed by atoms with Crippen LogP contribution in [0.25, 0.3) is 0 Å². The monoisotopic (exact) mass is 219 g/mol. The topological polar surface area (TPSA) is 29.5 Å². The molecule has 3 heteroatoms. The van der Waals surface area contributed by atoms with Gasteiger partial charge in [0.2, 0.25) is 5.91 Å². The lowest BCUT2D eigenvalue weighted by molar-refractivity contribution is -0.129. The van der Waals surface area contributed by atoms with E-state index >= 15 is 0 Å². The van der Waals surface area contributed by atoms with Gasteiger partial charge in [-0.1, -0.05) is 30.3 Å². The first-order valence-corrected chi connectivity index (χ1v) is 5.64. The maximum Gasteiger partial charge on any atom is 0.227 e. The number of ether oxygens (including phenoxy) is 1. The molecule has 1 saturated heterocycles. The third-order valence-corrected chi connectivity index (χ3v) is 3.03. The van der Waals surface area contributed by atoms with Gasteiger partial charge in [0, 0.05) is 20.2 Å². The second-order valence-corrected chi connectivity index (χ2v) is 4.15. The quantitative estimate of drug-likeness (QED) is 0.770. The third kappa shape index (κ3) is 2.61. The summed E-state index contributed by atoms with van der Waals surface area (Å²) in [7, 11) is 1.70. The molecule has 1 aliphatic rings. The zero-order chi connectivity index (χ0) is 11.4. The van der Waals surface area contributed by atoms with Crippen LogP contribution in [0.5, 0.6) is 0 Å². The van der Waals surface area contributed by atoms with Gasteiger partial charge in [0.05, 0.1) is 12.5 Å². The van der Waals surface area contributed by atoms with E-state index in [1.54, 1.807) is 7.11 Å². The van der Waals surface area contributed by atoms with Crippen molar-refractivity contribution in [2.45, 2.75) is 18.9 Å². The maximum atomic E-state index is 11.9. The highest BCUT2D eigenvalue weighted by Crippen LogP contribution is 2.13. The van der Waals surface area contributed by atoms with Crippen molar-refractivity contribution in [3.63, 3.8) is 0 Å². The van der Waals surface area contributed by atoms with Crippen LogP contribution in [0.1, 0.15) is 12.0 Å². The molecule has 1 atom stereocenters. The molecule has 1 heterocycles.